The molecule has 1 rings (SSSR count). The van der Waals surface area contributed by atoms with Crippen LogP contribution in [0.2, 0.25) is 0 Å². The highest BCUT2D eigenvalue weighted by Gasteiger charge is 2.16. The van der Waals surface area contributed by atoms with Gasteiger partial charge in [-0.2, -0.15) is 0 Å². The first-order valence-corrected chi connectivity index (χ1v) is 5.18. The quantitative estimate of drug-likeness (QED) is 0.461. The number of carbonyl (C=O) groups is 1. The first-order chi connectivity index (χ1) is 8.13. The minimum Gasteiger partial charge on any atom is -0.497 e. The maximum atomic E-state index is 11.1. The summed E-state index contributed by atoms with van der Waals surface area (Å²) in [4.78, 5) is 11.1. The van der Waals surface area contributed by atoms with Crippen LogP contribution in [0.15, 0.2) is 30.0 Å². The summed E-state index contributed by atoms with van der Waals surface area (Å²) in [7, 11) is 4.38. The van der Waals surface area contributed by atoms with Crippen LogP contribution >= 0.6 is 11.6 Å². The van der Waals surface area contributed by atoms with E-state index in [2.05, 4.69) is 0 Å². The monoisotopic (exact) mass is 256 g/mol. The van der Waals surface area contributed by atoms with Gasteiger partial charge in [-0.25, -0.2) is 0 Å². The van der Waals surface area contributed by atoms with Crippen LogP contribution in [0.4, 0.5) is 0 Å². The third-order valence-electron chi connectivity index (χ3n) is 2.15. The van der Waals surface area contributed by atoms with Gasteiger partial charge in [0.05, 0.1) is 21.3 Å². The van der Waals surface area contributed by atoms with Crippen LogP contribution in [0.1, 0.15) is 5.56 Å². The highest BCUT2D eigenvalue weighted by molar-refractivity contribution is 6.67. The van der Waals surface area contributed by atoms with Gasteiger partial charge < -0.3 is 14.2 Å². The van der Waals surface area contributed by atoms with Crippen LogP contribution in [-0.4, -0.2) is 26.6 Å². The molecule has 4 nitrogen and oxygen atoms in total. The minimum absolute atomic E-state index is 0.0284. The molecule has 0 radical (unpaired) electrons. The smallest absolute Gasteiger partial charge is 0.291 e. The van der Waals surface area contributed by atoms with Gasteiger partial charge in [0.25, 0.3) is 5.24 Å². The molecule has 0 unspecified atom stereocenters. The van der Waals surface area contributed by atoms with Crippen LogP contribution in [0, 0.1) is 0 Å². The Kier molecular flexibility index (Phi) is 4.84. The summed E-state index contributed by atoms with van der Waals surface area (Å²) in [6, 6.07) is 6.99. The second kappa shape index (κ2) is 6.15. The number of allylic oxidation sites excluding steroid dienone is 1. The molecule has 0 aromatic heterocycles. The fourth-order valence-electron chi connectivity index (χ4n) is 1.35. The number of rotatable bonds is 5. The van der Waals surface area contributed by atoms with E-state index in [0.29, 0.717) is 11.3 Å². The van der Waals surface area contributed by atoms with Crippen molar-refractivity contribution in [2.24, 2.45) is 0 Å². The molecule has 0 aliphatic rings. The Morgan fingerprint density at radius 1 is 1.06 bits per heavy atom. The molecule has 0 saturated heterocycles. The van der Waals surface area contributed by atoms with Crippen molar-refractivity contribution in [3.05, 3.63) is 35.6 Å². The van der Waals surface area contributed by atoms with Gasteiger partial charge in [-0.3, -0.25) is 4.79 Å². The molecule has 0 saturated carbocycles. The summed E-state index contributed by atoms with van der Waals surface area (Å²) < 4.78 is 15.1. The summed E-state index contributed by atoms with van der Waals surface area (Å²) in [5, 5.41) is -0.708. The standard InChI is InChI=1S/C12H13ClO4/c1-15-9-6-4-8(5-7-9)10(16-2)11(17-3)12(13)14/h4-7H,1-3H3. The van der Waals surface area contributed by atoms with E-state index in [1.165, 1.54) is 14.2 Å². The molecule has 1 aromatic rings. The van der Waals surface area contributed by atoms with Crippen molar-refractivity contribution in [2.75, 3.05) is 21.3 Å². The maximum absolute atomic E-state index is 11.1. The van der Waals surface area contributed by atoms with Crippen molar-refractivity contribution >= 4 is 22.6 Å². The molecule has 0 aliphatic heterocycles. The highest BCUT2D eigenvalue weighted by atomic mass is 35.5. The van der Waals surface area contributed by atoms with Gasteiger partial charge in [-0.05, 0) is 35.9 Å². The number of halogens is 1. The zero-order chi connectivity index (χ0) is 12.8. The lowest BCUT2D eigenvalue weighted by Gasteiger charge is -2.10. The van der Waals surface area contributed by atoms with Crippen molar-refractivity contribution in [3.63, 3.8) is 0 Å². The molecule has 0 heterocycles. The molecule has 1 aromatic carbocycles. The largest absolute Gasteiger partial charge is 0.497 e. The molecule has 0 spiro atoms. The molecule has 17 heavy (non-hydrogen) atoms. The van der Waals surface area contributed by atoms with Crippen molar-refractivity contribution in [1.29, 1.82) is 0 Å². The molecule has 5 heteroatoms. The van der Waals surface area contributed by atoms with Gasteiger partial charge >= 0.3 is 0 Å². The average Bonchev–Trinajstić information content (AvgIpc) is 2.35. The highest BCUT2D eigenvalue weighted by Crippen LogP contribution is 2.23. The van der Waals surface area contributed by atoms with Gasteiger partial charge in [0.1, 0.15) is 5.75 Å². The minimum atomic E-state index is -0.708. The zero-order valence-electron chi connectivity index (χ0n) is 9.82. The normalized spacial score (nSPS) is 11.5. The van der Waals surface area contributed by atoms with E-state index in [0.717, 1.165) is 0 Å². The number of carbonyl (C=O) groups excluding carboxylic acids is 1. The Morgan fingerprint density at radius 2 is 1.65 bits per heavy atom. The first kappa shape index (κ1) is 13.4. The van der Waals surface area contributed by atoms with E-state index in [1.807, 2.05) is 0 Å². The van der Waals surface area contributed by atoms with E-state index in [-0.39, 0.29) is 11.5 Å². The summed E-state index contributed by atoms with van der Waals surface area (Å²) in [5.74, 6) is 0.967. The third-order valence-corrected chi connectivity index (χ3v) is 2.32. The number of benzene rings is 1. The predicted molar refractivity (Wildman–Crippen MR) is 64.8 cm³/mol. The van der Waals surface area contributed by atoms with Crippen LogP contribution in [-0.2, 0) is 14.3 Å². The zero-order valence-corrected chi connectivity index (χ0v) is 10.6. The summed E-state index contributed by atoms with van der Waals surface area (Å²) in [5.41, 5.74) is 0.680. The van der Waals surface area contributed by atoms with E-state index in [9.17, 15) is 4.79 Å². The molecule has 92 valence electrons. The fourth-order valence-corrected chi connectivity index (χ4v) is 1.51. The number of ether oxygens (including phenoxy) is 3. The van der Waals surface area contributed by atoms with Gasteiger partial charge in [0.2, 0.25) is 5.76 Å². The molecule has 0 aliphatic carbocycles. The van der Waals surface area contributed by atoms with Gasteiger partial charge in [-0.1, -0.05) is 0 Å². The molecule has 0 bridgehead atoms. The van der Waals surface area contributed by atoms with Crippen LogP contribution in [0.25, 0.3) is 5.76 Å². The second-order valence-electron chi connectivity index (χ2n) is 3.07. The van der Waals surface area contributed by atoms with E-state index in [1.54, 1.807) is 31.4 Å². The lowest BCUT2D eigenvalue weighted by atomic mass is 10.1. The molecular formula is C12H13ClO4. The lowest BCUT2D eigenvalue weighted by Crippen LogP contribution is -2.03. The van der Waals surface area contributed by atoms with E-state index < -0.39 is 5.24 Å². The Labute approximate surface area is 105 Å². The number of hydrogen-bond donors (Lipinski definition) is 0. The Balaban J connectivity index is 3.20. The Hall–Kier alpha value is -1.68. The maximum Gasteiger partial charge on any atom is 0.291 e. The Bertz CT molecular complexity index is 423. The molecule has 0 amide bonds. The summed E-state index contributed by atoms with van der Waals surface area (Å²) in [6.45, 7) is 0. The van der Waals surface area contributed by atoms with Crippen molar-refractivity contribution < 1.29 is 19.0 Å². The van der Waals surface area contributed by atoms with Crippen LogP contribution in [0.3, 0.4) is 0 Å². The van der Waals surface area contributed by atoms with Gasteiger partial charge in [0.15, 0.2) is 5.76 Å². The summed E-state index contributed by atoms with van der Waals surface area (Å²) >= 11 is 5.40. The fraction of sp³-hybridized carbons (Fsp3) is 0.250. The molecular weight excluding hydrogens is 244 g/mol. The van der Waals surface area contributed by atoms with Crippen LogP contribution in [0.5, 0.6) is 5.75 Å². The topological polar surface area (TPSA) is 44.8 Å². The summed E-state index contributed by atoms with van der Waals surface area (Å²) in [6.07, 6.45) is 0. The molecule has 0 fully saturated rings. The van der Waals surface area contributed by atoms with Crippen molar-refractivity contribution in [2.45, 2.75) is 0 Å². The SMILES string of the molecule is COC(C(=O)Cl)=C(OC)c1ccc(OC)cc1. The average molecular weight is 257 g/mol. The second-order valence-corrected chi connectivity index (χ2v) is 3.41. The Morgan fingerprint density at radius 3 is 2.00 bits per heavy atom. The van der Waals surface area contributed by atoms with Gasteiger partial charge in [-0.15, -0.1) is 0 Å². The van der Waals surface area contributed by atoms with Crippen molar-refractivity contribution in [1.82, 2.24) is 0 Å². The van der Waals surface area contributed by atoms with Crippen molar-refractivity contribution in [3.8, 4) is 5.75 Å². The van der Waals surface area contributed by atoms with Crippen LogP contribution < -0.4 is 4.74 Å². The third kappa shape index (κ3) is 3.14. The van der Waals surface area contributed by atoms with E-state index >= 15 is 0 Å². The number of hydrogen-bond acceptors (Lipinski definition) is 4. The van der Waals surface area contributed by atoms with E-state index in [4.69, 9.17) is 25.8 Å². The number of methoxy groups -OCH3 is 3. The predicted octanol–water partition coefficient (Wildman–Crippen LogP) is 2.42. The first-order valence-electron chi connectivity index (χ1n) is 4.80. The lowest BCUT2D eigenvalue weighted by molar-refractivity contribution is -0.111. The molecule has 0 atom stereocenters. The molecule has 0 N–H and O–H groups in total. The van der Waals surface area contributed by atoms with Gasteiger partial charge in [0, 0.05) is 5.56 Å².